The van der Waals surface area contributed by atoms with Crippen LogP contribution in [0.3, 0.4) is 0 Å². The molecule has 2 aliphatic rings. The van der Waals surface area contributed by atoms with Crippen molar-refractivity contribution in [3.8, 4) is 23.0 Å². The van der Waals surface area contributed by atoms with Crippen molar-refractivity contribution >= 4 is 23.5 Å². The molecule has 0 radical (unpaired) electrons. The van der Waals surface area contributed by atoms with E-state index in [-0.39, 0.29) is 37.6 Å². The van der Waals surface area contributed by atoms with E-state index < -0.39 is 11.9 Å². The molecule has 2 aliphatic heterocycles. The average Bonchev–Trinajstić information content (AvgIpc) is 2.92. The van der Waals surface area contributed by atoms with E-state index in [0.717, 1.165) is 0 Å². The maximum atomic E-state index is 12.3. The van der Waals surface area contributed by atoms with Gasteiger partial charge in [0.05, 0.1) is 0 Å². The van der Waals surface area contributed by atoms with Crippen LogP contribution in [-0.4, -0.2) is 63.1 Å². The first kappa shape index (κ1) is 25.0. The van der Waals surface area contributed by atoms with E-state index in [0.29, 0.717) is 73.4 Å². The molecule has 0 aromatic heterocycles. The highest BCUT2D eigenvalue weighted by atomic mass is 16.6. The van der Waals surface area contributed by atoms with Gasteiger partial charge in [-0.2, -0.15) is 0 Å². The summed E-state index contributed by atoms with van der Waals surface area (Å²) in [5, 5.41) is 0. The number of esters is 2. The first-order chi connectivity index (χ1) is 17.5. The number of benzene rings is 2. The smallest absolute Gasteiger partial charge is 0.306 e. The van der Waals surface area contributed by atoms with E-state index in [1.165, 1.54) is 0 Å². The summed E-state index contributed by atoms with van der Waals surface area (Å²) in [6.07, 6.45) is 0.861. The second-order valence-corrected chi connectivity index (χ2v) is 8.09. The zero-order chi connectivity index (χ0) is 25.3. The number of ketones is 2. The largest absolute Gasteiger partial charge is 0.486 e. The van der Waals surface area contributed by atoms with Gasteiger partial charge in [-0.3, -0.25) is 19.2 Å². The second kappa shape index (κ2) is 12.1. The maximum absolute atomic E-state index is 12.3. The van der Waals surface area contributed by atoms with Gasteiger partial charge in [0.1, 0.15) is 26.4 Å². The molecule has 0 atom stereocenters. The third-order valence-corrected chi connectivity index (χ3v) is 5.47. The Kier molecular flexibility index (Phi) is 8.38. The van der Waals surface area contributed by atoms with E-state index in [1.54, 1.807) is 36.4 Å². The van der Waals surface area contributed by atoms with Crippen LogP contribution in [0.1, 0.15) is 46.4 Å². The van der Waals surface area contributed by atoms with E-state index in [9.17, 15) is 19.2 Å². The predicted molar refractivity (Wildman–Crippen MR) is 124 cm³/mol. The van der Waals surface area contributed by atoms with Crippen molar-refractivity contribution in [2.75, 3.05) is 39.6 Å². The van der Waals surface area contributed by atoms with Gasteiger partial charge in [-0.25, -0.2) is 0 Å². The minimum Gasteiger partial charge on any atom is -0.486 e. The van der Waals surface area contributed by atoms with E-state index in [2.05, 4.69) is 0 Å². The van der Waals surface area contributed by atoms with Gasteiger partial charge in [-0.05, 0) is 49.2 Å². The lowest BCUT2D eigenvalue weighted by atomic mass is 10.1. The van der Waals surface area contributed by atoms with Crippen LogP contribution in [0, 0.1) is 0 Å². The lowest BCUT2D eigenvalue weighted by molar-refractivity contribution is -0.144. The number of Topliss-reactive ketones (excluding diaryl/α,β-unsaturated/α-hetero) is 2. The van der Waals surface area contributed by atoms with Crippen LogP contribution < -0.4 is 18.9 Å². The molecule has 0 saturated carbocycles. The number of hydrogen-bond acceptors (Lipinski definition) is 10. The van der Waals surface area contributed by atoms with Crippen LogP contribution in [0.4, 0.5) is 0 Å². The molecule has 36 heavy (non-hydrogen) atoms. The zero-order valence-electron chi connectivity index (χ0n) is 19.6. The van der Waals surface area contributed by atoms with Crippen LogP contribution in [0.2, 0.25) is 0 Å². The Morgan fingerprint density at radius 2 is 0.972 bits per heavy atom. The van der Waals surface area contributed by atoms with Gasteiger partial charge in [0.15, 0.2) is 47.8 Å². The molecule has 10 heteroatoms. The summed E-state index contributed by atoms with van der Waals surface area (Å²) in [7, 11) is 0. The van der Waals surface area contributed by atoms with Crippen molar-refractivity contribution in [1.29, 1.82) is 0 Å². The van der Waals surface area contributed by atoms with Crippen molar-refractivity contribution in [3.05, 3.63) is 47.5 Å². The Balaban J connectivity index is 1.09. The molecule has 190 valence electrons. The lowest BCUT2D eigenvalue weighted by Gasteiger charge is -2.18. The van der Waals surface area contributed by atoms with Gasteiger partial charge < -0.3 is 28.4 Å². The van der Waals surface area contributed by atoms with Gasteiger partial charge in [0.2, 0.25) is 0 Å². The topological polar surface area (TPSA) is 124 Å². The van der Waals surface area contributed by atoms with Crippen LogP contribution in [0.25, 0.3) is 0 Å². The summed E-state index contributed by atoms with van der Waals surface area (Å²) in [6, 6.07) is 9.60. The quantitative estimate of drug-likeness (QED) is 0.259. The molecule has 10 nitrogen and oxygen atoms in total. The highest BCUT2D eigenvalue weighted by Gasteiger charge is 2.18. The monoisotopic (exact) mass is 498 g/mol. The summed E-state index contributed by atoms with van der Waals surface area (Å²) >= 11 is 0. The molecule has 0 fully saturated rings. The molecule has 2 aromatic carbocycles. The number of carbonyl (C=O) groups is 4. The Morgan fingerprint density at radius 1 is 0.583 bits per heavy atom. The lowest BCUT2D eigenvalue weighted by Crippen LogP contribution is -2.17. The van der Waals surface area contributed by atoms with Gasteiger partial charge in [-0.1, -0.05) is 0 Å². The van der Waals surface area contributed by atoms with E-state index in [1.807, 2.05) is 0 Å². The average molecular weight is 498 g/mol. The maximum Gasteiger partial charge on any atom is 0.306 e. The molecular weight excluding hydrogens is 472 g/mol. The molecule has 0 unspecified atom stereocenters. The van der Waals surface area contributed by atoms with Gasteiger partial charge in [0, 0.05) is 24.0 Å². The van der Waals surface area contributed by atoms with Crippen LogP contribution in [-0.2, 0) is 19.1 Å². The molecule has 2 aromatic rings. The minimum atomic E-state index is -0.539. The molecule has 0 N–H and O–H groups in total. The van der Waals surface area contributed by atoms with Crippen LogP contribution in [0.15, 0.2) is 36.4 Å². The molecule has 0 spiro atoms. The van der Waals surface area contributed by atoms with Crippen molar-refractivity contribution in [2.45, 2.75) is 25.7 Å². The normalized spacial score (nSPS) is 13.4. The fraction of sp³-hybridized carbons (Fsp3) is 0.385. The van der Waals surface area contributed by atoms with Gasteiger partial charge >= 0.3 is 11.9 Å². The number of fused-ring (bicyclic) bond motifs is 2. The van der Waals surface area contributed by atoms with Gasteiger partial charge in [0.25, 0.3) is 0 Å². The van der Waals surface area contributed by atoms with Gasteiger partial charge in [-0.15, -0.1) is 0 Å². The Hall–Kier alpha value is -4.08. The Morgan fingerprint density at radius 3 is 1.39 bits per heavy atom. The third kappa shape index (κ3) is 6.74. The number of carbonyl (C=O) groups excluding carboxylic acids is 4. The van der Waals surface area contributed by atoms with Crippen LogP contribution >= 0.6 is 0 Å². The van der Waals surface area contributed by atoms with Crippen molar-refractivity contribution in [1.82, 2.24) is 0 Å². The summed E-state index contributed by atoms with van der Waals surface area (Å²) < 4.78 is 31.8. The number of rotatable bonds is 11. The summed E-state index contributed by atoms with van der Waals surface area (Å²) in [4.78, 5) is 48.4. The fourth-order valence-electron chi connectivity index (χ4n) is 3.58. The molecule has 2 heterocycles. The summed E-state index contributed by atoms with van der Waals surface area (Å²) in [5.41, 5.74) is 0.723. The molecular formula is C26H26O10. The molecule has 0 amide bonds. The Labute approximate surface area is 207 Å². The molecule has 4 rings (SSSR count). The number of ether oxygens (including phenoxy) is 6. The third-order valence-electron chi connectivity index (χ3n) is 5.47. The van der Waals surface area contributed by atoms with E-state index in [4.69, 9.17) is 28.4 Å². The number of unbranched alkanes of at least 4 members (excludes halogenated alkanes) is 1. The molecule has 0 bridgehead atoms. The minimum absolute atomic E-state index is 0.0534. The molecule has 0 aliphatic carbocycles. The summed E-state index contributed by atoms with van der Waals surface area (Å²) in [5.74, 6) is 0.322. The highest BCUT2D eigenvalue weighted by Crippen LogP contribution is 2.31. The zero-order valence-corrected chi connectivity index (χ0v) is 19.6. The number of hydrogen-bond donors (Lipinski definition) is 0. The second-order valence-electron chi connectivity index (χ2n) is 8.09. The first-order valence-electron chi connectivity index (χ1n) is 11.7. The highest BCUT2D eigenvalue weighted by molar-refractivity contribution is 5.99. The SMILES string of the molecule is O=C(CCCCC(=O)OCC(=O)c1ccc2c(c1)OCCO2)OCC(=O)c1ccc2c(c1)OCCO2. The Bertz CT molecular complexity index is 1050. The van der Waals surface area contributed by atoms with E-state index >= 15 is 0 Å². The van der Waals surface area contributed by atoms with Crippen molar-refractivity contribution in [2.24, 2.45) is 0 Å². The molecule has 0 saturated heterocycles. The van der Waals surface area contributed by atoms with Crippen molar-refractivity contribution in [3.63, 3.8) is 0 Å². The van der Waals surface area contributed by atoms with Crippen molar-refractivity contribution < 1.29 is 47.6 Å². The standard InChI is InChI=1S/C26H26O10/c27-19(17-5-7-21-23(13-17)33-11-9-31-21)15-35-25(29)3-1-2-4-26(30)36-16-20(28)18-6-8-22-24(14-18)34-12-10-32-22/h5-8,13-14H,1-4,9-12,15-16H2. The van der Waals surface area contributed by atoms with Crippen LogP contribution in [0.5, 0.6) is 23.0 Å². The predicted octanol–water partition coefficient (Wildman–Crippen LogP) is 2.94. The fourth-order valence-corrected chi connectivity index (χ4v) is 3.58. The summed E-state index contributed by atoms with van der Waals surface area (Å²) in [6.45, 7) is 0.946. The first-order valence-corrected chi connectivity index (χ1v) is 11.7.